The average molecular weight is 167 g/mol. The Bertz CT molecular complexity index is 248. The molecule has 1 atom stereocenters. The van der Waals surface area contributed by atoms with Crippen molar-refractivity contribution in [1.29, 1.82) is 0 Å². The quantitative estimate of drug-likeness (QED) is 0.663. The maximum atomic E-state index is 9.24. The first-order valence-corrected chi connectivity index (χ1v) is 3.82. The standard InChI is InChI=1S/C9H13NO2/c1-7(11)9-4-2-3-8(5-9)6-12-10/h2-5,7,11H,6,10H2,1H3. The number of aliphatic hydroxyl groups is 1. The molecule has 3 nitrogen and oxygen atoms in total. The van der Waals surface area contributed by atoms with Crippen LogP contribution in [0.25, 0.3) is 0 Å². The Kier molecular flexibility index (Phi) is 3.22. The molecule has 0 aliphatic carbocycles. The zero-order chi connectivity index (χ0) is 8.97. The van der Waals surface area contributed by atoms with Gasteiger partial charge in [0.05, 0.1) is 12.7 Å². The number of benzene rings is 1. The summed E-state index contributed by atoms with van der Waals surface area (Å²) >= 11 is 0. The smallest absolute Gasteiger partial charge is 0.0930 e. The molecular formula is C9H13NO2. The lowest BCUT2D eigenvalue weighted by molar-refractivity contribution is 0.123. The van der Waals surface area contributed by atoms with E-state index in [1.807, 2.05) is 24.3 Å². The molecule has 0 aliphatic rings. The largest absolute Gasteiger partial charge is 0.389 e. The van der Waals surface area contributed by atoms with Crippen LogP contribution in [0.1, 0.15) is 24.2 Å². The Morgan fingerprint density at radius 2 is 2.33 bits per heavy atom. The molecule has 0 heterocycles. The van der Waals surface area contributed by atoms with Gasteiger partial charge in [0.25, 0.3) is 0 Å². The van der Waals surface area contributed by atoms with Crippen LogP contribution in [0.3, 0.4) is 0 Å². The van der Waals surface area contributed by atoms with E-state index >= 15 is 0 Å². The second kappa shape index (κ2) is 4.21. The van der Waals surface area contributed by atoms with Crippen molar-refractivity contribution in [3.05, 3.63) is 35.4 Å². The summed E-state index contributed by atoms with van der Waals surface area (Å²) in [6, 6.07) is 7.51. The molecule has 0 fully saturated rings. The first-order chi connectivity index (χ1) is 5.74. The van der Waals surface area contributed by atoms with Crippen LogP contribution in [0.4, 0.5) is 0 Å². The lowest BCUT2D eigenvalue weighted by atomic mass is 10.1. The molecule has 0 saturated heterocycles. The minimum absolute atomic E-state index is 0.376. The summed E-state index contributed by atoms with van der Waals surface area (Å²) in [5.74, 6) is 4.92. The normalized spacial score (nSPS) is 12.9. The van der Waals surface area contributed by atoms with Gasteiger partial charge in [-0.25, -0.2) is 5.90 Å². The summed E-state index contributed by atoms with van der Waals surface area (Å²) in [7, 11) is 0. The summed E-state index contributed by atoms with van der Waals surface area (Å²) in [5.41, 5.74) is 1.85. The van der Waals surface area contributed by atoms with Crippen molar-refractivity contribution in [3.8, 4) is 0 Å². The third-order valence-corrected chi connectivity index (χ3v) is 1.68. The molecule has 66 valence electrons. The molecule has 0 bridgehead atoms. The summed E-state index contributed by atoms with van der Waals surface area (Å²) in [5, 5.41) is 9.24. The molecule has 1 aromatic rings. The van der Waals surface area contributed by atoms with Gasteiger partial charge in [-0.15, -0.1) is 0 Å². The fraction of sp³-hybridized carbons (Fsp3) is 0.333. The molecule has 1 unspecified atom stereocenters. The van der Waals surface area contributed by atoms with Crippen molar-refractivity contribution >= 4 is 0 Å². The third-order valence-electron chi connectivity index (χ3n) is 1.68. The Labute approximate surface area is 71.7 Å². The van der Waals surface area contributed by atoms with E-state index in [1.54, 1.807) is 6.92 Å². The van der Waals surface area contributed by atoms with Crippen molar-refractivity contribution in [3.63, 3.8) is 0 Å². The molecule has 0 saturated carbocycles. The first kappa shape index (κ1) is 9.19. The van der Waals surface area contributed by atoms with Crippen LogP contribution in [-0.4, -0.2) is 5.11 Å². The highest BCUT2D eigenvalue weighted by Gasteiger charge is 2.00. The number of nitrogens with two attached hydrogens (primary N) is 1. The Balaban J connectivity index is 2.81. The average Bonchev–Trinajstić information content (AvgIpc) is 2.05. The van der Waals surface area contributed by atoms with Crippen molar-refractivity contribution < 1.29 is 9.94 Å². The van der Waals surface area contributed by atoms with Gasteiger partial charge < -0.3 is 5.11 Å². The molecule has 0 aliphatic heterocycles. The van der Waals surface area contributed by atoms with E-state index in [4.69, 9.17) is 5.90 Å². The molecule has 0 radical (unpaired) electrons. The highest BCUT2D eigenvalue weighted by atomic mass is 16.6. The lowest BCUT2D eigenvalue weighted by Gasteiger charge is -2.06. The van der Waals surface area contributed by atoms with E-state index in [1.165, 1.54) is 0 Å². The van der Waals surface area contributed by atoms with Crippen molar-refractivity contribution in [2.24, 2.45) is 5.90 Å². The van der Waals surface area contributed by atoms with Gasteiger partial charge in [-0.1, -0.05) is 24.3 Å². The molecule has 1 aromatic carbocycles. The van der Waals surface area contributed by atoms with Crippen LogP contribution in [0.15, 0.2) is 24.3 Å². The number of rotatable bonds is 3. The summed E-state index contributed by atoms with van der Waals surface area (Å²) in [4.78, 5) is 4.48. The van der Waals surface area contributed by atoms with Crippen LogP contribution >= 0.6 is 0 Å². The minimum atomic E-state index is -0.442. The van der Waals surface area contributed by atoms with Crippen LogP contribution in [0, 0.1) is 0 Å². The topological polar surface area (TPSA) is 55.5 Å². The minimum Gasteiger partial charge on any atom is -0.389 e. The summed E-state index contributed by atoms with van der Waals surface area (Å²) in [6.45, 7) is 2.10. The second-order valence-electron chi connectivity index (χ2n) is 2.73. The number of hydrogen-bond acceptors (Lipinski definition) is 3. The molecule has 0 spiro atoms. The maximum Gasteiger partial charge on any atom is 0.0930 e. The van der Waals surface area contributed by atoms with E-state index in [0.717, 1.165) is 11.1 Å². The van der Waals surface area contributed by atoms with Gasteiger partial charge in [-0.05, 0) is 18.1 Å². The number of aliphatic hydroxyl groups excluding tert-OH is 1. The SMILES string of the molecule is CC(O)c1cccc(CON)c1. The van der Waals surface area contributed by atoms with Gasteiger partial charge in [0.2, 0.25) is 0 Å². The van der Waals surface area contributed by atoms with Crippen molar-refractivity contribution in [1.82, 2.24) is 0 Å². The zero-order valence-electron chi connectivity index (χ0n) is 7.03. The first-order valence-electron chi connectivity index (χ1n) is 3.82. The van der Waals surface area contributed by atoms with Crippen molar-refractivity contribution in [2.45, 2.75) is 19.6 Å². The van der Waals surface area contributed by atoms with Crippen LogP contribution in [-0.2, 0) is 11.4 Å². The van der Waals surface area contributed by atoms with Gasteiger partial charge in [-0.2, -0.15) is 0 Å². The fourth-order valence-electron chi connectivity index (χ4n) is 1.04. The predicted octanol–water partition coefficient (Wildman–Crippen LogP) is 1.13. The highest BCUT2D eigenvalue weighted by molar-refractivity contribution is 5.24. The third kappa shape index (κ3) is 2.30. The molecular weight excluding hydrogens is 154 g/mol. The molecule has 0 amide bonds. The second-order valence-corrected chi connectivity index (χ2v) is 2.73. The van der Waals surface area contributed by atoms with Gasteiger partial charge in [-0.3, -0.25) is 4.84 Å². The predicted molar refractivity (Wildman–Crippen MR) is 46.1 cm³/mol. The molecule has 12 heavy (non-hydrogen) atoms. The molecule has 1 rings (SSSR count). The summed E-state index contributed by atoms with van der Waals surface area (Å²) in [6.07, 6.45) is -0.442. The van der Waals surface area contributed by atoms with Crippen LogP contribution in [0.5, 0.6) is 0 Å². The maximum absolute atomic E-state index is 9.24. The molecule has 0 aromatic heterocycles. The lowest BCUT2D eigenvalue weighted by Crippen LogP contribution is -2.00. The fourth-order valence-corrected chi connectivity index (χ4v) is 1.04. The van der Waals surface area contributed by atoms with E-state index in [9.17, 15) is 5.11 Å². The van der Waals surface area contributed by atoms with Gasteiger partial charge in [0.1, 0.15) is 0 Å². The van der Waals surface area contributed by atoms with E-state index in [-0.39, 0.29) is 0 Å². The Morgan fingerprint density at radius 1 is 1.58 bits per heavy atom. The molecule has 3 heteroatoms. The summed E-state index contributed by atoms with van der Waals surface area (Å²) < 4.78 is 0. The number of hydrogen-bond donors (Lipinski definition) is 2. The zero-order valence-corrected chi connectivity index (χ0v) is 7.03. The highest BCUT2D eigenvalue weighted by Crippen LogP contribution is 2.13. The van der Waals surface area contributed by atoms with Gasteiger partial charge >= 0.3 is 0 Å². The molecule has 3 N–H and O–H groups in total. The van der Waals surface area contributed by atoms with E-state index < -0.39 is 6.10 Å². The Hall–Kier alpha value is -0.900. The van der Waals surface area contributed by atoms with Gasteiger partial charge in [0.15, 0.2) is 0 Å². The monoisotopic (exact) mass is 167 g/mol. The van der Waals surface area contributed by atoms with Crippen molar-refractivity contribution in [2.75, 3.05) is 0 Å². The van der Waals surface area contributed by atoms with E-state index in [2.05, 4.69) is 4.84 Å². The Morgan fingerprint density at radius 3 is 2.92 bits per heavy atom. The van der Waals surface area contributed by atoms with E-state index in [0.29, 0.717) is 6.61 Å². The van der Waals surface area contributed by atoms with Crippen LogP contribution in [0.2, 0.25) is 0 Å². The van der Waals surface area contributed by atoms with Gasteiger partial charge in [0, 0.05) is 0 Å². The van der Waals surface area contributed by atoms with Crippen LogP contribution < -0.4 is 5.90 Å².